The summed E-state index contributed by atoms with van der Waals surface area (Å²) in [6, 6.07) is 16.9. The van der Waals surface area contributed by atoms with E-state index in [0.717, 1.165) is 27.6 Å². The minimum Gasteiger partial charge on any atom is -0.487 e. The van der Waals surface area contributed by atoms with Crippen molar-refractivity contribution in [3.8, 4) is 5.75 Å². The molecule has 162 valence electrons. The van der Waals surface area contributed by atoms with Crippen molar-refractivity contribution in [1.29, 1.82) is 0 Å². The summed E-state index contributed by atoms with van der Waals surface area (Å²) in [4.78, 5) is 16.8. The quantitative estimate of drug-likeness (QED) is 0.151. The molecule has 0 aliphatic carbocycles. The van der Waals surface area contributed by atoms with Gasteiger partial charge in [-0.1, -0.05) is 41.4 Å². The Morgan fingerprint density at radius 2 is 1.69 bits per heavy atom. The number of aliphatic imine (C=N–C) groups is 1. The standard InChI is InChI=1S/C23H12Cl2I3NO3/c24-16-4-2-1-3-13(16)11-31-21-18(27)7-12(8-19(21)28)9-20-23(30)32-22(29-20)15-10-14(26)5-6-17(15)25/h1-10H,11H2/b20-9-. The van der Waals surface area contributed by atoms with Gasteiger partial charge in [0.1, 0.15) is 12.4 Å². The summed E-state index contributed by atoms with van der Waals surface area (Å²) in [6.45, 7) is 0.364. The zero-order valence-corrected chi connectivity index (χ0v) is 24.0. The van der Waals surface area contributed by atoms with Gasteiger partial charge in [0.25, 0.3) is 0 Å². The van der Waals surface area contributed by atoms with Crippen LogP contribution in [0.25, 0.3) is 6.08 Å². The summed E-state index contributed by atoms with van der Waals surface area (Å²) in [5.74, 6) is 0.449. The molecule has 3 aromatic rings. The Hall–Kier alpha value is -0.890. The molecule has 0 N–H and O–H groups in total. The first kappa shape index (κ1) is 24.2. The Kier molecular flexibility index (Phi) is 8.01. The maximum absolute atomic E-state index is 12.4. The van der Waals surface area contributed by atoms with Crippen molar-refractivity contribution < 1.29 is 14.3 Å². The lowest BCUT2D eigenvalue weighted by molar-refractivity contribution is -0.129. The molecule has 0 saturated heterocycles. The van der Waals surface area contributed by atoms with E-state index >= 15 is 0 Å². The number of halogens is 5. The predicted molar refractivity (Wildman–Crippen MR) is 152 cm³/mol. The first-order valence-electron chi connectivity index (χ1n) is 9.15. The highest BCUT2D eigenvalue weighted by atomic mass is 127. The maximum Gasteiger partial charge on any atom is 0.363 e. The summed E-state index contributed by atoms with van der Waals surface area (Å²) in [7, 11) is 0. The predicted octanol–water partition coefficient (Wildman–Crippen LogP) is 7.73. The van der Waals surface area contributed by atoms with E-state index in [0.29, 0.717) is 22.2 Å². The number of hydrogen-bond donors (Lipinski definition) is 0. The number of carbonyl (C=O) groups is 1. The summed E-state index contributed by atoms with van der Waals surface area (Å²) in [5.41, 5.74) is 2.53. The summed E-state index contributed by atoms with van der Waals surface area (Å²) < 4.78 is 14.2. The van der Waals surface area contributed by atoms with Gasteiger partial charge in [-0.2, -0.15) is 0 Å². The van der Waals surface area contributed by atoms with Gasteiger partial charge in [-0.05, 0) is 116 Å². The van der Waals surface area contributed by atoms with E-state index in [1.807, 2.05) is 48.5 Å². The lowest BCUT2D eigenvalue weighted by Gasteiger charge is -2.12. The third-order valence-corrected chi connectivity index (χ3v) is 7.41. The minimum absolute atomic E-state index is 0.203. The first-order valence-corrected chi connectivity index (χ1v) is 13.1. The van der Waals surface area contributed by atoms with E-state index in [1.54, 1.807) is 12.1 Å². The molecule has 4 nitrogen and oxygen atoms in total. The van der Waals surface area contributed by atoms with E-state index in [-0.39, 0.29) is 11.6 Å². The Balaban J connectivity index is 1.59. The average Bonchev–Trinajstić information content (AvgIpc) is 3.10. The highest BCUT2D eigenvalue weighted by Gasteiger charge is 2.26. The molecule has 0 aromatic heterocycles. The van der Waals surface area contributed by atoms with Crippen LogP contribution in [-0.2, 0) is 16.1 Å². The number of esters is 1. The molecule has 0 fully saturated rings. The van der Waals surface area contributed by atoms with Gasteiger partial charge in [0.15, 0.2) is 5.70 Å². The molecule has 1 aliphatic rings. The van der Waals surface area contributed by atoms with Crippen LogP contribution in [0.5, 0.6) is 5.75 Å². The Morgan fingerprint density at radius 3 is 2.41 bits per heavy atom. The topological polar surface area (TPSA) is 47.9 Å². The lowest BCUT2D eigenvalue weighted by atomic mass is 10.2. The van der Waals surface area contributed by atoms with Gasteiger partial charge in [-0.3, -0.25) is 0 Å². The molecule has 0 amide bonds. The van der Waals surface area contributed by atoms with Gasteiger partial charge < -0.3 is 9.47 Å². The monoisotopic (exact) mass is 801 g/mol. The Bertz CT molecular complexity index is 1270. The molecule has 0 bridgehead atoms. The van der Waals surface area contributed by atoms with Crippen molar-refractivity contribution in [1.82, 2.24) is 0 Å². The highest BCUT2D eigenvalue weighted by Crippen LogP contribution is 2.32. The van der Waals surface area contributed by atoms with E-state index in [4.69, 9.17) is 32.7 Å². The second-order valence-electron chi connectivity index (χ2n) is 6.65. The molecule has 1 aliphatic heterocycles. The first-order chi connectivity index (χ1) is 15.3. The Labute approximate surface area is 235 Å². The molecule has 1 heterocycles. The Morgan fingerprint density at radius 1 is 0.969 bits per heavy atom. The maximum atomic E-state index is 12.4. The van der Waals surface area contributed by atoms with Gasteiger partial charge in [0, 0.05) is 14.2 Å². The van der Waals surface area contributed by atoms with Crippen LogP contribution >= 0.6 is 91.0 Å². The number of carbonyl (C=O) groups excluding carboxylic acids is 1. The van der Waals surface area contributed by atoms with Crippen LogP contribution in [0, 0.1) is 10.7 Å². The molecular formula is C23H12Cl2I3NO3. The van der Waals surface area contributed by atoms with Crippen molar-refractivity contribution >= 4 is 109 Å². The number of benzene rings is 3. The van der Waals surface area contributed by atoms with Crippen LogP contribution in [0.1, 0.15) is 16.7 Å². The molecule has 0 radical (unpaired) electrons. The van der Waals surface area contributed by atoms with Crippen LogP contribution < -0.4 is 4.74 Å². The van der Waals surface area contributed by atoms with E-state index in [9.17, 15) is 4.79 Å². The fourth-order valence-corrected chi connectivity index (χ4v) is 5.92. The fraction of sp³-hybridized carbons (Fsp3) is 0.0435. The van der Waals surface area contributed by atoms with Crippen molar-refractivity contribution in [2.45, 2.75) is 6.61 Å². The average molecular weight is 802 g/mol. The SMILES string of the molecule is O=C1OC(c2cc(I)ccc2Cl)=N/C1=C\c1cc(I)c(OCc2ccccc2Cl)c(I)c1. The smallest absolute Gasteiger partial charge is 0.363 e. The van der Waals surface area contributed by atoms with Gasteiger partial charge in [0.2, 0.25) is 5.90 Å². The van der Waals surface area contributed by atoms with Crippen LogP contribution in [0.2, 0.25) is 10.0 Å². The number of rotatable bonds is 5. The molecule has 0 spiro atoms. The summed E-state index contributed by atoms with van der Waals surface area (Å²) in [5, 5.41) is 1.14. The minimum atomic E-state index is -0.515. The van der Waals surface area contributed by atoms with Gasteiger partial charge >= 0.3 is 5.97 Å². The molecule has 0 unspecified atom stereocenters. The highest BCUT2D eigenvalue weighted by molar-refractivity contribution is 14.1. The van der Waals surface area contributed by atoms with Crippen LogP contribution in [-0.4, -0.2) is 11.9 Å². The van der Waals surface area contributed by atoms with Gasteiger partial charge in [0.05, 0.1) is 17.7 Å². The molecule has 3 aromatic carbocycles. The van der Waals surface area contributed by atoms with Gasteiger partial charge in [-0.25, -0.2) is 9.79 Å². The molecule has 0 atom stereocenters. The van der Waals surface area contributed by atoms with Gasteiger partial charge in [-0.15, -0.1) is 0 Å². The molecular weight excluding hydrogens is 790 g/mol. The fourth-order valence-electron chi connectivity index (χ4n) is 2.91. The number of nitrogens with zero attached hydrogens (tertiary/aromatic N) is 1. The third kappa shape index (κ3) is 5.60. The van der Waals surface area contributed by atoms with Crippen LogP contribution in [0.15, 0.2) is 65.3 Å². The van der Waals surface area contributed by atoms with Crippen LogP contribution in [0.3, 0.4) is 0 Å². The number of ether oxygens (including phenoxy) is 2. The third-order valence-electron chi connectivity index (χ3n) is 4.43. The summed E-state index contributed by atoms with van der Waals surface area (Å²) >= 11 is 19.1. The molecule has 0 saturated carbocycles. The largest absolute Gasteiger partial charge is 0.487 e. The van der Waals surface area contributed by atoms with Crippen molar-refractivity contribution in [3.63, 3.8) is 0 Å². The second kappa shape index (κ2) is 10.6. The number of hydrogen-bond acceptors (Lipinski definition) is 4. The van der Waals surface area contributed by atoms with Crippen LogP contribution in [0.4, 0.5) is 0 Å². The van der Waals surface area contributed by atoms with Crippen molar-refractivity contribution in [2.24, 2.45) is 4.99 Å². The van der Waals surface area contributed by atoms with Crippen molar-refractivity contribution in [3.05, 3.63) is 97.7 Å². The summed E-state index contributed by atoms with van der Waals surface area (Å²) in [6.07, 6.45) is 1.69. The number of cyclic esters (lactones) is 1. The van der Waals surface area contributed by atoms with Crippen molar-refractivity contribution in [2.75, 3.05) is 0 Å². The lowest BCUT2D eigenvalue weighted by Crippen LogP contribution is -2.06. The zero-order valence-electron chi connectivity index (χ0n) is 16.0. The normalized spacial score (nSPS) is 14.5. The van der Waals surface area contributed by atoms with E-state index in [2.05, 4.69) is 72.8 Å². The van der Waals surface area contributed by atoms with E-state index in [1.165, 1.54) is 0 Å². The molecule has 32 heavy (non-hydrogen) atoms. The second-order valence-corrected chi connectivity index (χ2v) is 11.0. The molecule has 4 rings (SSSR count). The molecule has 9 heteroatoms. The zero-order chi connectivity index (χ0) is 22.8. The van der Waals surface area contributed by atoms with E-state index < -0.39 is 5.97 Å².